The minimum Gasteiger partial charge on any atom is -0.330 e. The zero-order valence-corrected chi connectivity index (χ0v) is 11.2. The number of Topliss-reactive ketones (excluding diaryl/α,β-unsaturated/α-hetero) is 1. The molecule has 18 heavy (non-hydrogen) atoms. The zero-order chi connectivity index (χ0) is 13.3. The highest BCUT2D eigenvalue weighted by Gasteiger charge is 2.39. The molecular formula is C15H19NO2. The fourth-order valence-electron chi connectivity index (χ4n) is 2.54. The molecule has 0 aromatic heterocycles. The summed E-state index contributed by atoms with van der Waals surface area (Å²) in [6.07, 6.45) is 0.838. The number of amides is 1. The lowest BCUT2D eigenvalue weighted by Crippen LogP contribution is -2.43. The van der Waals surface area contributed by atoms with E-state index in [1.165, 1.54) is 0 Å². The lowest BCUT2D eigenvalue weighted by atomic mass is 10.0. The molecular weight excluding hydrogens is 226 g/mol. The van der Waals surface area contributed by atoms with E-state index >= 15 is 0 Å². The Bertz CT molecular complexity index is 491. The molecule has 96 valence electrons. The molecule has 0 saturated carbocycles. The monoisotopic (exact) mass is 245 g/mol. The van der Waals surface area contributed by atoms with Gasteiger partial charge in [0.2, 0.25) is 5.91 Å². The van der Waals surface area contributed by atoms with Crippen molar-refractivity contribution in [2.75, 3.05) is 6.54 Å². The van der Waals surface area contributed by atoms with Gasteiger partial charge in [0.05, 0.1) is 13.0 Å². The van der Waals surface area contributed by atoms with E-state index in [1.807, 2.05) is 45.0 Å². The summed E-state index contributed by atoms with van der Waals surface area (Å²) < 4.78 is 0. The topological polar surface area (TPSA) is 37.4 Å². The number of carbonyl (C=O) groups excluding carboxylic acids is 2. The van der Waals surface area contributed by atoms with Crippen molar-refractivity contribution in [2.45, 2.75) is 39.2 Å². The van der Waals surface area contributed by atoms with Gasteiger partial charge in [-0.05, 0) is 26.3 Å². The van der Waals surface area contributed by atoms with Crippen molar-refractivity contribution in [3.8, 4) is 0 Å². The van der Waals surface area contributed by atoms with Crippen LogP contribution in [0.3, 0.4) is 0 Å². The molecule has 1 fully saturated rings. The lowest BCUT2D eigenvalue weighted by molar-refractivity contribution is -0.134. The van der Waals surface area contributed by atoms with Gasteiger partial charge in [-0.2, -0.15) is 0 Å². The summed E-state index contributed by atoms with van der Waals surface area (Å²) in [5, 5.41) is 0. The number of carbonyl (C=O) groups is 2. The first-order chi connectivity index (χ1) is 8.38. The average Bonchev–Trinajstić information content (AvgIpc) is 2.51. The van der Waals surface area contributed by atoms with Crippen LogP contribution in [0.4, 0.5) is 0 Å². The number of aryl methyl sites for hydroxylation is 1. The largest absolute Gasteiger partial charge is 0.330 e. The van der Waals surface area contributed by atoms with Crippen LogP contribution in [0, 0.1) is 6.92 Å². The molecule has 0 atom stereocenters. The summed E-state index contributed by atoms with van der Waals surface area (Å²) in [6, 6.07) is 7.94. The Hall–Kier alpha value is -1.64. The first kappa shape index (κ1) is 12.8. The van der Waals surface area contributed by atoms with E-state index in [9.17, 15) is 9.59 Å². The minimum atomic E-state index is -0.335. The maximum Gasteiger partial charge on any atom is 0.227 e. The van der Waals surface area contributed by atoms with Crippen molar-refractivity contribution in [3.05, 3.63) is 35.4 Å². The zero-order valence-electron chi connectivity index (χ0n) is 11.2. The number of benzene rings is 1. The molecule has 0 N–H and O–H groups in total. The normalized spacial score (nSPS) is 18.2. The Morgan fingerprint density at radius 1 is 1.39 bits per heavy atom. The van der Waals surface area contributed by atoms with E-state index in [1.54, 1.807) is 4.90 Å². The molecule has 0 aliphatic carbocycles. The molecule has 1 aliphatic rings. The van der Waals surface area contributed by atoms with Crippen LogP contribution in [-0.4, -0.2) is 28.7 Å². The molecule has 0 radical (unpaired) electrons. The summed E-state index contributed by atoms with van der Waals surface area (Å²) in [6.45, 7) is 6.17. The van der Waals surface area contributed by atoms with Crippen LogP contribution in [0.2, 0.25) is 0 Å². The van der Waals surface area contributed by atoms with Gasteiger partial charge < -0.3 is 4.90 Å². The number of ketones is 1. The van der Waals surface area contributed by atoms with E-state index < -0.39 is 0 Å². The predicted molar refractivity (Wildman–Crippen MR) is 70.3 cm³/mol. The standard InChI is InChI=1S/C15H19NO2/c1-11-5-4-6-12(7-11)8-14(18)16-10-13(17)9-15(16,2)3/h4-7H,8-10H2,1-3H3. The SMILES string of the molecule is Cc1cccc(CC(=O)N2CC(=O)CC2(C)C)c1. The molecule has 0 spiro atoms. The van der Waals surface area contributed by atoms with Gasteiger partial charge in [0, 0.05) is 12.0 Å². The number of likely N-dealkylation sites (tertiary alicyclic amines) is 1. The molecule has 1 heterocycles. The summed E-state index contributed by atoms with van der Waals surface area (Å²) in [7, 11) is 0. The van der Waals surface area contributed by atoms with E-state index in [0.717, 1.165) is 11.1 Å². The Balaban J connectivity index is 2.11. The van der Waals surface area contributed by atoms with Gasteiger partial charge in [-0.1, -0.05) is 29.8 Å². The smallest absolute Gasteiger partial charge is 0.227 e. The number of nitrogens with zero attached hydrogens (tertiary/aromatic N) is 1. The summed E-state index contributed by atoms with van der Waals surface area (Å²) in [5.41, 5.74) is 1.82. The second-order valence-corrected chi connectivity index (χ2v) is 5.67. The predicted octanol–water partition coefficient (Wildman–Crippen LogP) is 2.12. The quantitative estimate of drug-likeness (QED) is 0.800. The first-order valence-electron chi connectivity index (χ1n) is 6.26. The Labute approximate surface area is 108 Å². The molecule has 0 unspecified atom stereocenters. The molecule has 3 heteroatoms. The fourth-order valence-corrected chi connectivity index (χ4v) is 2.54. The lowest BCUT2D eigenvalue weighted by Gasteiger charge is -2.30. The van der Waals surface area contributed by atoms with Gasteiger partial charge >= 0.3 is 0 Å². The molecule has 2 rings (SSSR count). The third-order valence-corrected chi connectivity index (χ3v) is 3.43. The van der Waals surface area contributed by atoms with Crippen molar-refractivity contribution in [1.29, 1.82) is 0 Å². The van der Waals surface area contributed by atoms with Gasteiger partial charge in [-0.3, -0.25) is 9.59 Å². The van der Waals surface area contributed by atoms with Crippen molar-refractivity contribution in [1.82, 2.24) is 4.90 Å². The molecule has 1 amide bonds. The molecule has 1 aromatic carbocycles. The second-order valence-electron chi connectivity index (χ2n) is 5.67. The maximum absolute atomic E-state index is 12.3. The minimum absolute atomic E-state index is 0.0384. The van der Waals surface area contributed by atoms with Gasteiger partial charge in [-0.25, -0.2) is 0 Å². The van der Waals surface area contributed by atoms with Gasteiger partial charge in [-0.15, -0.1) is 0 Å². The third kappa shape index (κ3) is 2.61. The molecule has 1 aromatic rings. The number of rotatable bonds is 2. The van der Waals surface area contributed by atoms with Crippen LogP contribution in [0.1, 0.15) is 31.4 Å². The van der Waals surface area contributed by atoms with Crippen LogP contribution >= 0.6 is 0 Å². The molecule has 0 bridgehead atoms. The van der Waals surface area contributed by atoms with E-state index in [2.05, 4.69) is 0 Å². The summed E-state index contributed by atoms with van der Waals surface area (Å²) in [5.74, 6) is 0.189. The molecule has 1 aliphatic heterocycles. The van der Waals surface area contributed by atoms with E-state index in [-0.39, 0.29) is 23.8 Å². The second kappa shape index (κ2) is 4.56. The third-order valence-electron chi connectivity index (χ3n) is 3.43. The highest BCUT2D eigenvalue weighted by Crippen LogP contribution is 2.26. The van der Waals surface area contributed by atoms with Crippen molar-refractivity contribution >= 4 is 11.7 Å². The van der Waals surface area contributed by atoms with Gasteiger partial charge in [0.25, 0.3) is 0 Å². The maximum atomic E-state index is 12.3. The van der Waals surface area contributed by atoms with Crippen LogP contribution < -0.4 is 0 Å². The summed E-state index contributed by atoms with van der Waals surface area (Å²) in [4.78, 5) is 25.5. The Kier molecular flexibility index (Phi) is 3.24. The first-order valence-corrected chi connectivity index (χ1v) is 6.26. The number of hydrogen-bond donors (Lipinski definition) is 0. The highest BCUT2D eigenvalue weighted by molar-refractivity contribution is 5.91. The Morgan fingerprint density at radius 3 is 2.67 bits per heavy atom. The summed E-state index contributed by atoms with van der Waals surface area (Å²) >= 11 is 0. The highest BCUT2D eigenvalue weighted by atomic mass is 16.2. The van der Waals surface area contributed by atoms with Crippen LogP contribution in [0.25, 0.3) is 0 Å². The number of hydrogen-bond acceptors (Lipinski definition) is 2. The van der Waals surface area contributed by atoms with Crippen molar-refractivity contribution < 1.29 is 9.59 Å². The van der Waals surface area contributed by atoms with E-state index in [4.69, 9.17) is 0 Å². The van der Waals surface area contributed by atoms with Gasteiger partial charge in [0.15, 0.2) is 5.78 Å². The van der Waals surface area contributed by atoms with Crippen molar-refractivity contribution in [3.63, 3.8) is 0 Å². The van der Waals surface area contributed by atoms with Crippen LogP contribution in [-0.2, 0) is 16.0 Å². The fraction of sp³-hybridized carbons (Fsp3) is 0.467. The molecule has 3 nitrogen and oxygen atoms in total. The van der Waals surface area contributed by atoms with Crippen LogP contribution in [0.15, 0.2) is 24.3 Å². The Morgan fingerprint density at radius 2 is 2.11 bits per heavy atom. The van der Waals surface area contributed by atoms with Crippen molar-refractivity contribution in [2.24, 2.45) is 0 Å². The van der Waals surface area contributed by atoms with Crippen LogP contribution in [0.5, 0.6) is 0 Å². The average molecular weight is 245 g/mol. The molecule has 1 saturated heterocycles. The van der Waals surface area contributed by atoms with E-state index in [0.29, 0.717) is 12.8 Å². The van der Waals surface area contributed by atoms with Gasteiger partial charge in [0.1, 0.15) is 0 Å².